The lowest BCUT2D eigenvalue weighted by Gasteiger charge is -2.09. The van der Waals surface area contributed by atoms with Crippen LogP contribution in [-0.4, -0.2) is 7.11 Å². The Morgan fingerprint density at radius 1 is 0.682 bits per heavy atom. The molecule has 0 saturated heterocycles. The fourth-order valence-corrected chi connectivity index (χ4v) is 2.54. The summed E-state index contributed by atoms with van der Waals surface area (Å²) < 4.78 is 18.3. The zero-order chi connectivity index (χ0) is 15.5. The summed E-state index contributed by atoms with van der Waals surface area (Å²) in [5, 5.41) is 0. The average molecular weight is 292 g/mol. The van der Waals surface area contributed by atoms with Gasteiger partial charge in [0.15, 0.2) is 0 Å². The zero-order valence-electron chi connectivity index (χ0n) is 12.6. The van der Waals surface area contributed by atoms with Gasteiger partial charge in [0.05, 0.1) is 7.11 Å². The van der Waals surface area contributed by atoms with Crippen LogP contribution >= 0.6 is 0 Å². The van der Waals surface area contributed by atoms with Gasteiger partial charge >= 0.3 is 0 Å². The van der Waals surface area contributed by atoms with Crippen LogP contribution < -0.4 is 4.74 Å². The first kappa shape index (κ1) is 14.3. The van der Waals surface area contributed by atoms with Gasteiger partial charge in [0.2, 0.25) is 0 Å². The van der Waals surface area contributed by atoms with Crippen molar-refractivity contribution in [3.05, 3.63) is 78.1 Å². The standard InChI is InChI=1S/C20H17FO/c1-14-11-17(15-3-7-19(21)8-4-15)13-18(12-14)16-5-9-20(22-2)10-6-16/h3-13H,1-2H3. The number of aryl methyl sites for hydroxylation is 1. The fraction of sp³-hybridized carbons (Fsp3) is 0.100. The Labute approximate surface area is 130 Å². The van der Waals surface area contributed by atoms with Gasteiger partial charge in [-0.05, 0) is 65.1 Å². The highest BCUT2D eigenvalue weighted by Gasteiger charge is 2.04. The first-order chi connectivity index (χ1) is 10.7. The molecule has 3 aromatic carbocycles. The third kappa shape index (κ3) is 3.01. The predicted octanol–water partition coefficient (Wildman–Crippen LogP) is 5.48. The highest BCUT2D eigenvalue weighted by molar-refractivity contribution is 5.74. The SMILES string of the molecule is COc1ccc(-c2cc(C)cc(-c3ccc(F)cc3)c2)cc1. The van der Waals surface area contributed by atoms with Crippen LogP contribution in [0.2, 0.25) is 0 Å². The summed E-state index contributed by atoms with van der Waals surface area (Å²) in [5.74, 6) is 0.627. The van der Waals surface area contributed by atoms with Gasteiger partial charge in [-0.2, -0.15) is 0 Å². The number of hydrogen-bond donors (Lipinski definition) is 0. The van der Waals surface area contributed by atoms with Crippen LogP contribution in [0, 0.1) is 12.7 Å². The largest absolute Gasteiger partial charge is 0.497 e. The predicted molar refractivity (Wildman–Crippen MR) is 88.6 cm³/mol. The molecule has 0 aliphatic carbocycles. The van der Waals surface area contributed by atoms with Crippen LogP contribution in [-0.2, 0) is 0 Å². The van der Waals surface area contributed by atoms with Crippen LogP contribution in [0.4, 0.5) is 4.39 Å². The van der Waals surface area contributed by atoms with E-state index in [9.17, 15) is 4.39 Å². The fourth-order valence-electron chi connectivity index (χ4n) is 2.54. The molecule has 0 heterocycles. The molecule has 1 nitrogen and oxygen atoms in total. The van der Waals surface area contributed by atoms with Crippen LogP contribution in [0.1, 0.15) is 5.56 Å². The smallest absolute Gasteiger partial charge is 0.123 e. The minimum Gasteiger partial charge on any atom is -0.497 e. The summed E-state index contributed by atoms with van der Waals surface area (Å²) in [7, 11) is 1.66. The molecule has 0 bridgehead atoms. The number of rotatable bonds is 3. The van der Waals surface area contributed by atoms with Gasteiger partial charge < -0.3 is 4.74 Å². The van der Waals surface area contributed by atoms with E-state index in [1.807, 2.05) is 36.4 Å². The van der Waals surface area contributed by atoms with Crippen molar-refractivity contribution in [3.8, 4) is 28.0 Å². The lowest BCUT2D eigenvalue weighted by molar-refractivity contribution is 0.415. The number of hydrogen-bond acceptors (Lipinski definition) is 1. The number of benzene rings is 3. The van der Waals surface area contributed by atoms with E-state index in [4.69, 9.17) is 4.74 Å². The first-order valence-corrected chi connectivity index (χ1v) is 7.18. The Balaban J connectivity index is 2.03. The third-order valence-corrected chi connectivity index (χ3v) is 3.68. The summed E-state index contributed by atoms with van der Waals surface area (Å²) >= 11 is 0. The van der Waals surface area contributed by atoms with Gasteiger partial charge in [-0.25, -0.2) is 4.39 Å². The van der Waals surface area contributed by atoms with Crippen LogP contribution in [0.15, 0.2) is 66.7 Å². The molecular weight excluding hydrogens is 275 g/mol. The van der Waals surface area contributed by atoms with E-state index in [-0.39, 0.29) is 5.82 Å². The van der Waals surface area contributed by atoms with E-state index in [0.29, 0.717) is 0 Å². The summed E-state index contributed by atoms with van der Waals surface area (Å²) in [6.07, 6.45) is 0. The molecule has 0 N–H and O–H groups in total. The van der Waals surface area contributed by atoms with Crippen LogP contribution in [0.3, 0.4) is 0 Å². The van der Waals surface area contributed by atoms with Gasteiger partial charge in [0.1, 0.15) is 11.6 Å². The number of ether oxygens (including phenoxy) is 1. The number of methoxy groups -OCH3 is 1. The van der Waals surface area contributed by atoms with Gasteiger partial charge in [-0.1, -0.05) is 36.4 Å². The Morgan fingerprint density at radius 3 is 1.68 bits per heavy atom. The quantitative estimate of drug-likeness (QED) is 0.621. The number of halogens is 1. The second-order valence-corrected chi connectivity index (χ2v) is 5.32. The molecule has 3 aromatic rings. The Kier molecular flexibility index (Phi) is 3.92. The molecule has 0 amide bonds. The maximum absolute atomic E-state index is 13.1. The van der Waals surface area contributed by atoms with Crippen molar-refractivity contribution >= 4 is 0 Å². The summed E-state index contributed by atoms with van der Waals surface area (Å²) in [5.41, 5.74) is 5.55. The van der Waals surface area contributed by atoms with Gasteiger partial charge in [0.25, 0.3) is 0 Å². The molecule has 0 radical (unpaired) electrons. The second kappa shape index (κ2) is 6.02. The van der Waals surface area contributed by atoms with Gasteiger partial charge in [0, 0.05) is 0 Å². The first-order valence-electron chi connectivity index (χ1n) is 7.18. The summed E-state index contributed by atoms with van der Waals surface area (Å²) in [4.78, 5) is 0. The molecule has 0 aliphatic heterocycles. The lowest BCUT2D eigenvalue weighted by atomic mass is 9.96. The molecule has 3 rings (SSSR count). The molecule has 22 heavy (non-hydrogen) atoms. The van der Waals surface area contributed by atoms with Crippen LogP contribution in [0.5, 0.6) is 5.75 Å². The van der Waals surface area contributed by atoms with E-state index in [2.05, 4.69) is 25.1 Å². The van der Waals surface area contributed by atoms with Crippen molar-refractivity contribution in [2.45, 2.75) is 6.92 Å². The van der Waals surface area contributed by atoms with Gasteiger partial charge in [-0.3, -0.25) is 0 Å². The minimum absolute atomic E-state index is 0.216. The Morgan fingerprint density at radius 2 is 1.18 bits per heavy atom. The molecular formula is C20H17FO. The van der Waals surface area contributed by atoms with Crippen molar-refractivity contribution in [1.82, 2.24) is 0 Å². The van der Waals surface area contributed by atoms with Crippen molar-refractivity contribution in [2.75, 3.05) is 7.11 Å². The molecule has 0 spiro atoms. The molecule has 110 valence electrons. The highest BCUT2D eigenvalue weighted by Crippen LogP contribution is 2.29. The monoisotopic (exact) mass is 292 g/mol. The molecule has 0 fully saturated rings. The molecule has 2 heteroatoms. The second-order valence-electron chi connectivity index (χ2n) is 5.32. The van der Waals surface area contributed by atoms with Crippen molar-refractivity contribution in [1.29, 1.82) is 0 Å². The lowest BCUT2D eigenvalue weighted by Crippen LogP contribution is -1.86. The molecule has 0 aliphatic rings. The van der Waals surface area contributed by atoms with E-state index < -0.39 is 0 Å². The zero-order valence-corrected chi connectivity index (χ0v) is 12.6. The highest BCUT2D eigenvalue weighted by atomic mass is 19.1. The Hall–Kier alpha value is -2.61. The van der Waals surface area contributed by atoms with E-state index >= 15 is 0 Å². The van der Waals surface area contributed by atoms with Crippen molar-refractivity contribution in [2.24, 2.45) is 0 Å². The topological polar surface area (TPSA) is 9.23 Å². The van der Waals surface area contributed by atoms with Crippen molar-refractivity contribution < 1.29 is 9.13 Å². The van der Waals surface area contributed by atoms with E-state index in [0.717, 1.165) is 28.0 Å². The van der Waals surface area contributed by atoms with Crippen molar-refractivity contribution in [3.63, 3.8) is 0 Å². The van der Waals surface area contributed by atoms with Crippen LogP contribution in [0.25, 0.3) is 22.3 Å². The normalized spacial score (nSPS) is 10.5. The van der Waals surface area contributed by atoms with E-state index in [1.54, 1.807) is 7.11 Å². The minimum atomic E-state index is -0.216. The summed E-state index contributed by atoms with van der Waals surface area (Å²) in [6, 6.07) is 21.0. The molecule has 0 atom stereocenters. The molecule has 0 aromatic heterocycles. The van der Waals surface area contributed by atoms with E-state index in [1.165, 1.54) is 17.7 Å². The average Bonchev–Trinajstić information content (AvgIpc) is 2.55. The van der Waals surface area contributed by atoms with Gasteiger partial charge in [-0.15, -0.1) is 0 Å². The molecule has 0 unspecified atom stereocenters. The third-order valence-electron chi connectivity index (χ3n) is 3.68. The maximum atomic E-state index is 13.1. The Bertz CT molecular complexity index is 774. The summed E-state index contributed by atoms with van der Waals surface area (Å²) in [6.45, 7) is 2.07. The molecule has 0 saturated carbocycles. The maximum Gasteiger partial charge on any atom is 0.123 e.